The summed E-state index contributed by atoms with van der Waals surface area (Å²) in [6, 6.07) is 0. The van der Waals surface area contributed by atoms with Crippen LogP contribution in [0.15, 0.2) is 17.2 Å². The Labute approximate surface area is 89.4 Å². The quantitative estimate of drug-likeness (QED) is 0.650. The number of imidazole rings is 1. The van der Waals surface area contributed by atoms with Crippen molar-refractivity contribution in [1.82, 2.24) is 9.13 Å². The molecule has 1 rings (SSSR count). The van der Waals surface area contributed by atoms with Crippen LogP contribution in [0.25, 0.3) is 0 Å². The zero-order chi connectivity index (χ0) is 11.1. The fraction of sp³-hybridized carbons (Fsp3) is 0.700. The van der Waals surface area contributed by atoms with Crippen molar-refractivity contribution in [2.45, 2.75) is 26.4 Å². The van der Waals surface area contributed by atoms with E-state index in [1.54, 1.807) is 15.3 Å². The molecule has 0 aromatic carbocycles. The summed E-state index contributed by atoms with van der Waals surface area (Å²) in [5.74, 6) is 0. The molecule has 0 fully saturated rings. The Balaban J connectivity index is 2.44. The van der Waals surface area contributed by atoms with E-state index in [2.05, 4.69) is 0 Å². The van der Waals surface area contributed by atoms with E-state index in [4.69, 9.17) is 10.5 Å². The SMILES string of the molecule is CCCn1ccn(CCOCCN)c1=O. The van der Waals surface area contributed by atoms with Gasteiger partial charge in [0.1, 0.15) is 0 Å². The molecule has 1 aromatic rings. The maximum atomic E-state index is 11.7. The van der Waals surface area contributed by atoms with Gasteiger partial charge in [-0.1, -0.05) is 6.92 Å². The molecule has 15 heavy (non-hydrogen) atoms. The number of ether oxygens (including phenoxy) is 1. The van der Waals surface area contributed by atoms with Gasteiger partial charge in [-0.05, 0) is 6.42 Å². The first-order valence-electron chi connectivity index (χ1n) is 5.33. The minimum atomic E-state index is 0.0354. The number of nitrogens with two attached hydrogens (primary N) is 1. The van der Waals surface area contributed by atoms with Gasteiger partial charge in [0.25, 0.3) is 0 Å². The van der Waals surface area contributed by atoms with Gasteiger partial charge in [-0.3, -0.25) is 9.13 Å². The van der Waals surface area contributed by atoms with E-state index in [1.165, 1.54) is 0 Å². The van der Waals surface area contributed by atoms with Crippen molar-refractivity contribution in [3.05, 3.63) is 22.9 Å². The third-order valence-electron chi connectivity index (χ3n) is 2.12. The van der Waals surface area contributed by atoms with Crippen molar-refractivity contribution in [2.24, 2.45) is 5.73 Å². The number of hydrogen-bond donors (Lipinski definition) is 1. The molecular formula is C10H19N3O2. The molecule has 5 heteroatoms. The molecule has 0 atom stereocenters. The minimum absolute atomic E-state index is 0.0354. The zero-order valence-corrected chi connectivity index (χ0v) is 9.19. The number of nitrogens with zero attached hydrogens (tertiary/aromatic N) is 2. The van der Waals surface area contributed by atoms with Gasteiger partial charge in [-0.25, -0.2) is 4.79 Å². The van der Waals surface area contributed by atoms with Gasteiger partial charge in [0, 0.05) is 25.5 Å². The fourth-order valence-corrected chi connectivity index (χ4v) is 1.38. The molecule has 5 nitrogen and oxygen atoms in total. The second-order valence-corrected chi connectivity index (χ2v) is 3.37. The van der Waals surface area contributed by atoms with Gasteiger partial charge in [0.05, 0.1) is 19.8 Å². The van der Waals surface area contributed by atoms with Gasteiger partial charge in [0.2, 0.25) is 0 Å². The van der Waals surface area contributed by atoms with Crippen LogP contribution >= 0.6 is 0 Å². The molecule has 0 radical (unpaired) electrons. The van der Waals surface area contributed by atoms with Crippen LogP contribution in [-0.4, -0.2) is 28.9 Å². The molecular weight excluding hydrogens is 194 g/mol. The summed E-state index contributed by atoms with van der Waals surface area (Å²) >= 11 is 0. The van der Waals surface area contributed by atoms with Crippen LogP contribution in [0.2, 0.25) is 0 Å². The van der Waals surface area contributed by atoms with Gasteiger partial charge < -0.3 is 10.5 Å². The summed E-state index contributed by atoms with van der Waals surface area (Å²) in [6.45, 7) is 5.02. The minimum Gasteiger partial charge on any atom is -0.378 e. The van der Waals surface area contributed by atoms with E-state index in [1.807, 2.05) is 13.1 Å². The third-order valence-corrected chi connectivity index (χ3v) is 2.12. The lowest BCUT2D eigenvalue weighted by Gasteiger charge is -2.02. The molecule has 0 spiro atoms. The van der Waals surface area contributed by atoms with Gasteiger partial charge in [0.15, 0.2) is 0 Å². The van der Waals surface area contributed by atoms with E-state index in [0.717, 1.165) is 13.0 Å². The summed E-state index contributed by atoms with van der Waals surface area (Å²) in [5.41, 5.74) is 5.32. The van der Waals surface area contributed by atoms with Crippen LogP contribution < -0.4 is 11.4 Å². The molecule has 1 heterocycles. The van der Waals surface area contributed by atoms with Gasteiger partial charge >= 0.3 is 5.69 Å². The number of hydrogen-bond acceptors (Lipinski definition) is 3. The Bertz CT molecular complexity index is 330. The average Bonchev–Trinajstić information content (AvgIpc) is 2.57. The number of rotatable bonds is 7. The van der Waals surface area contributed by atoms with E-state index < -0.39 is 0 Å². The molecule has 1 aromatic heterocycles. The fourth-order valence-electron chi connectivity index (χ4n) is 1.38. The standard InChI is InChI=1S/C10H19N3O2/c1-2-4-12-5-6-13(10(12)14)7-9-15-8-3-11/h5-6H,2-4,7-9,11H2,1H3. The summed E-state index contributed by atoms with van der Waals surface area (Å²) < 4.78 is 8.59. The van der Waals surface area contributed by atoms with E-state index >= 15 is 0 Å². The predicted octanol–water partition coefficient (Wildman–Crippen LogP) is 0.0351. The molecule has 0 aliphatic carbocycles. The normalized spacial score (nSPS) is 10.8. The molecule has 0 aliphatic rings. The lowest BCUT2D eigenvalue weighted by molar-refractivity contribution is 0.132. The maximum absolute atomic E-state index is 11.7. The van der Waals surface area contributed by atoms with Crippen molar-refractivity contribution in [3.8, 4) is 0 Å². The average molecular weight is 213 g/mol. The molecule has 0 aliphatic heterocycles. The Morgan fingerprint density at radius 1 is 1.27 bits per heavy atom. The third kappa shape index (κ3) is 3.53. The van der Waals surface area contributed by atoms with Crippen LogP contribution in [-0.2, 0) is 17.8 Å². The Morgan fingerprint density at radius 3 is 2.53 bits per heavy atom. The predicted molar refractivity (Wildman–Crippen MR) is 58.9 cm³/mol. The van der Waals surface area contributed by atoms with E-state index in [-0.39, 0.29) is 5.69 Å². The van der Waals surface area contributed by atoms with Gasteiger partial charge in [-0.2, -0.15) is 0 Å². The van der Waals surface area contributed by atoms with Crippen molar-refractivity contribution in [2.75, 3.05) is 19.8 Å². The highest BCUT2D eigenvalue weighted by atomic mass is 16.5. The first kappa shape index (κ1) is 12.0. The first-order valence-corrected chi connectivity index (χ1v) is 5.33. The second-order valence-electron chi connectivity index (χ2n) is 3.37. The molecule has 0 saturated carbocycles. The molecule has 0 saturated heterocycles. The van der Waals surface area contributed by atoms with Crippen LogP contribution in [0, 0.1) is 0 Å². The monoisotopic (exact) mass is 213 g/mol. The first-order chi connectivity index (χ1) is 7.29. The Hall–Kier alpha value is -1.07. The molecule has 0 bridgehead atoms. The number of aryl methyl sites for hydroxylation is 1. The summed E-state index contributed by atoms with van der Waals surface area (Å²) in [4.78, 5) is 11.7. The van der Waals surface area contributed by atoms with Crippen LogP contribution in [0.4, 0.5) is 0 Å². The largest absolute Gasteiger partial charge is 0.378 e. The molecule has 2 N–H and O–H groups in total. The lowest BCUT2D eigenvalue weighted by Crippen LogP contribution is -2.25. The molecule has 86 valence electrons. The van der Waals surface area contributed by atoms with Crippen LogP contribution in [0.1, 0.15) is 13.3 Å². The van der Waals surface area contributed by atoms with Crippen molar-refractivity contribution in [3.63, 3.8) is 0 Å². The van der Waals surface area contributed by atoms with E-state index in [9.17, 15) is 4.79 Å². The summed E-state index contributed by atoms with van der Waals surface area (Å²) in [5, 5.41) is 0. The van der Waals surface area contributed by atoms with Crippen molar-refractivity contribution >= 4 is 0 Å². The maximum Gasteiger partial charge on any atom is 0.328 e. The highest BCUT2D eigenvalue weighted by Crippen LogP contribution is 1.89. The van der Waals surface area contributed by atoms with Crippen LogP contribution in [0.3, 0.4) is 0 Å². The lowest BCUT2D eigenvalue weighted by atomic mass is 10.5. The highest BCUT2D eigenvalue weighted by Gasteiger charge is 2.01. The Morgan fingerprint density at radius 2 is 1.93 bits per heavy atom. The van der Waals surface area contributed by atoms with Crippen molar-refractivity contribution < 1.29 is 4.74 Å². The van der Waals surface area contributed by atoms with Crippen LogP contribution in [0.5, 0.6) is 0 Å². The highest BCUT2D eigenvalue weighted by molar-refractivity contribution is 4.81. The van der Waals surface area contributed by atoms with Crippen molar-refractivity contribution in [1.29, 1.82) is 0 Å². The van der Waals surface area contributed by atoms with E-state index in [0.29, 0.717) is 26.3 Å². The second kappa shape index (κ2) is 6.42. The smallest absolute Gasteiger partial charge is 0.328 e. The zero-order valence-electron chi connectivity index (χ0n) is 9.19. The van der Waals surface area contributed by atoms with Gasteiger partial charge in [-0.15, -0.1) is 0 Å². The Kier molecular flexibility index (Phi) is 5.14. The topological polar surface area (TPSA) is 62.2 Å². The number of aromatic nitrogens is 2. The molecule has 0 amide bonds. The molecule has 0 unspecified atom stereocenters. The summed E-state index contributed by atoms with van der Waals surface area (Å²) in [7, 11) is 0. The summed E-state index contributed by atoms with van der Waals surface area (Å²) in [6.07, 6.45) is 4.58.